The van der Waals surface area contributed by atoms with Gasteiger partial charge in [-0.1, -0.05) is 0 Å². The summed E-state index contributed by atoms with van der Waals surface area (Å²) in [7, 11) is 0. The molecule has 3 N–H and O–H groups in total. The van der Waals surface area contributed by atoms with Crippen LogP contribution in [0.4, 0.5) is 4.79 Å². The van der Waals surface area contributed by atoms with Crippen molar-refractivity contribution in [2.75, 3.05) is 6.61 Å². The van der Waals surface area contributed by atoms with Crippen molar-refractivity contribution < 1.29 is 9.63 Å². The molecule has 5 heteroatoms. The number of hydrazine groups is 1. The minimum Gasteiger partial charge on any atom is -0.348 e. The van der Waals surface area contributed by atoms with Crippen LogP contribution >= 0.6 is 0 Å². The molecule has 0 spiro atoms. The zero-order valence-corrected chi connectivity index (χ0v) is 4.70. The second kappa shape index (κ2) is 2.36. The fourth-order valence-corrected chi connectivity index (χ4v) is 0.451. The van der Waals surface area contributed by atoms with E-state index in [4.69, 9.17) is 10.6 Å². The molecule has 0 radical (unpaired) electrons. The predicted molar refractivity (Wildman–Crippen MR) is 29.7 cm³/mol. The number of nitrogens with two attached hydrogens (primary N) is 1. The monoisotopic (exact) mass is 129 g/mol. The number of nitrogens with zero attached hydrogens (tertiary/aromatic N) is 1. The van der Waals surface area contributed by atoms with Gasteiger partial charge in [-0.3, -0.25) is 5.43 Å². The molecule has 0 atom stereocenters. The standard InChI is InChI=1S/C4H7N3O2/c5-4(8)7-6-2-1-3-9-7/h1-2,6H,3H2,(H2,5,8). The van der Waals surface area contributed by atoms with E-state index in [1.807, 2.05) is 0 Å². The van der Waals surface area contributed by atoms with Crippen molar-refractivity contribution in [3.63, 3.8) is 0 Å². The summed E-state index contributed by atoms with van der Waals surface area (Å²) in [4.78, 5) is 15.0. The van der Waals surface area contributed by atoms with E-state index in [2.05, 4.69) is 5.43 Å². The summed E-state index contributed by atoms with van der Waals surface area (Å²) in [5.74, 6) is 0. The Balaban J connectivity index is 2.44. The zero-order valence-electron chi connectivity index (χ0n) is 4.70. The summed E-state index contributed by atoms with van der Waals surface area (Å²) in [5, 5.41) is 0.861. The molecule has 0 aromatic carbocycles. The molecule has 0 aromatic rings. The molecule has 1 rings (SSSR count). The number of hydroxylamine groups is 1. The Kier molecular flexibility index (Phi) is 1.55. The first-order chi connectivity index (χ1) is 4.30. The highest BCUT2D eigenvalue weighted by atomic mass is 16.7. The second-order valence-corrected chi connectivity index (χ2v) is 1.46. The molecule has 1 aliphatic heterocycles. The lowest BCUT2D eigenvalue weighted by molar-refractivity contribution is -0.137. The number of carbonyl (C=O) groups excluding carboxylic acids is 1. The highest BCUT2D eigenvalue weighted by Gasteiger charge is 2.08. The Morgan fingerprint density at radius 2 is 2.67 bits per heavy atom. The number of carbonyl (C=O) groups is 1. The van der Waals surface area contributed by atoms with Gasteiger partial charge in [-0.05, 0) is 6.08 Å². The number of primary amides is 1. The van der Waals surface area contributed by atoms with E-state index in [1.165, 1.54) is 0 Å². The highest BCUT2D eigenvalue weighted by molar-refractivity contribution is 5.70. The Labute approximate surface area is 52.0 Å². The largest absolute Gasteiger partial charge is 0.358 e. The Morgan fingerprint density at radius 3 is 3.00 bits per heavy atom. The van der Waals surface area contributed by atoms with Gasteiger partial charge in [0.05, 0.1) is 6.61 Å². The maximum absolute atomic E-state index is 10.3. The second-order valence-electron chi connectivity index (χ2n) is 1.46. The van der Waals surface area contributed by atoms with Gasteiger partial charge in [-0.2, -0.15) is 0 Å². The van der Waals surface area contributed by atoms with Crippen LogP contribution in [0, 0.1) is 0 Å². The Hall–Kier alpha value is -1.23. The molecule has 1 aliphatic rings. The van der Waals surface area contributed by atoms with Crippen LogP contribution in [0.5, 0.6) is 0 Å². The van der Waals surface area contributed by atoms with Crippen LogP contribution in [0.2, 0.25) is 0 Å². The molecule has 0 fully saturated rings. The van der Waals surface area contributed by atoms with Gasteiger partial charge >= 0.3 is 6.03 Å². The number of hydrogen-bond donors (Lipinski definition) is 2. The third-order valence-electron chi connectivity index (χ3n) is 0.810. The van der Waals surface area contributed by atoms with Crippen molar-refractivity contribution >= 4 is 6.03 Å². The van der Waals surface area contributed by atoms with Crippen molar-refractivity contribution in [3.05, 3.63) is 12.3 Å². The van der Waals surface area contributed by atoms with Crippen LogP contribution in [0.15, 0.2) is 12.3 Å². The molecule has 1 heterocycles. The maximum atomic E-state index is 10.3. The minimum absolute atomic E-state index is 0.371. The summed E-state index contributed by atoms with van der Waals surface area (Å²) in [6.45, 7) is 0.371. The van der Waals surface area contributed by atoms with Crippen LogP contribution in [-0.4, -0.2) is 17.8 Å². The molecule has 2 amide bonds. The molecule has 0 saturated carbocycles. The van der Waals surface area contributed by atoms with Crippen molar-refractivity contribution in [2.45, 2.75) is 0 Å². The van der Waals surface area contributed by atoms with Crippen molar-refractivity contribution in [1.82, 2.24) is 10.6 Å². The molecule has 0 aliphatic carbocycles. The molecule has 9 heavy (non-hydrogen) atoms. The summed E-state index contributed by atoms with van der Waals surface area (Å²) in [6.07, 6.45) is 3.30. The van der Waals surface area contributed by atoms with E-state index in [9.17, 15) is 4.79 Å². The fourth-order valence-electron chi connectivity index (χ4n) is 0.451. The van der Waals surface area contributed by atoms with Crippen LogP contribution in [0.25, 0.3) is 0 Å². The SMILES string of the molecule is NC(=O)N1NC=CCO1. The van der Waals surface area contributed by atoms with Gasteiger partial charge in [-0.25, -0.2) is 9.63 Å². The lowest BCUT2D eigenvalue weighted by Crippen LogP contribution is -2.45. The molecular weight excluding hydrogens is 122 g/mol. The average molecular weight is 129 g/mol. The molecule has 0 saturated heterocycles. The van der Waals surface area contributed by atoms with E-state index < -0.39 is 6.03 Å². The van der Waals surface area contributed by atoms with Gasteiger partial charge in [0.25, 0.3) is 0 Å². The Bertz CT molecular complexity index is 145. The third kappa shape index (κ3) is 1.33. The van der Waals surface area contributed by atoms with Gasteiger partial charge in [0.15, 0.2) is 0 Å². The highest BCUT2D eigenvalue weighted by Crippen LogP contribution is 1.90. The van der Waals surface area contributed by atoms with Crippen LogP contribution in [-0.2, 0) is 4.84 Å². The molecular formula is C4H7N3O2. The quantitative estimate of drug-likeness (QED) is 0.455. The molecule has 0 unspecified atom stereocenters. The van der Waals surface area contributed by atoms with Crippen LogP contribution < -0.4 is 11.2 Å². The van der Waals surface area contributed by atoms with Gasteiger partial charge in [0, 0.05) is 6.20 Å². The van der Waals surface area contributed by atoms with Gasteiger partial charge < -0.3 is 5.73 Å². The van der Waals surface area contributed by atoms with E-state index >= 15 is 0 Å². The first-order valence-electron chi connectivity index (χ1n) is 2.44. The number of amides is 2. The summed E-state index contributed by atoms with van der Waals surface area (Å²) in [5.41, 5.74) is 7.31. The Morgan fingerprint density at radius 1 is 1.89 bits per heavy atom. The molecule has 50 valence electrons. The maximum Gasteiger partial charge on any atom is 0.358 e. The number of rotatable bonds is 0. The minimum atomic E-state index is -0.653. The van der Waals surface area contributed by atoms with E-state index in [-0.39, 0.29) is 0 Å². The topological polar surface area (TPSA) is 67.6 Å². The third-order valence-corrected chi connectivity index (χ3v) is 0.810. The van der Waals surface area contributed by atoms with Crippen molar-refractivity contribution in [3.8, 4) is 0 Å². The predicted octanol–water partition coefficient (Wildman–Crippen LogP) is -0.669. The molecule has 0 bridgehead atoms. The van der Waals surface area contributed by atoms with Gasteiger partial charge in [0.2, 0.25) is 0 Å². The van der Waals surface area contributed by atoms with Crippen molar-refractivity contribution in [2.24, 2.45) is 5.73 Å². The lowest BCUT2D eigenvalue weighted by Gasteiger charge is -2.20. The number of nitrogens with one attached hydrogen (secondary N) is 1. The zero-order chi connectivity index (χ0) is 6.69. The smallest absolute Gasteiger partial charge is 0.348 e. The molecule has 0 aromatic heterocycles. The van der Waals surface area contributed by atoms with Crippen LogP contribution in [0.1, 0.15) is 0 Å². The molecule has 5 nitrogen and oxygen atoms in total. The number of urea groups is 1. The van der Waals surface area contributed by atoms with E-state index in [1.54, 1.807) is 12.3 Å². The first-order valence-corrected chi connectivity index (χ1v) is 2.44. The fraction of sp³-hybridized carbons (Fsp3) is 0.250. The van der Waals surface area contributed by atoms with Gasteiger partial charge in [-0.15, -0.1) is 5.17 Å². The van der Waals surface area contributed by atoms with E-state index in [0.717, 1.165) is 5.17 Å². The first kappa shape index (κ1) is 5.90. The van der Waals surface area contributed by atoms with Crippen LogP contribution in [0.3, 0.4) is 0 Å². The normalized spacial score (nSPS) is 17.1. The lowest BCUT2D eigenvalue weighted by atomic mass is 10.6. The number of hydrogen-bond acceptors (Lipinski definition) is 3. The van der Waals surface area contributed by atoms with Crippen molar-refractivity contribution in [1.29, 1.82) is 0 Å². The summed E-state index contributed by atoms with van der Waals surface area (Å²) < 4.78 is 0. The summed E-state index contributed by atoms with van der Waals surface area (Å²) >= 11 is 0. The summed E-state index contributed by atoms with van der Waals surface area (Å²) in [6, 6.07) is -0.653. The average Bonchev–Trinajstić information content (AvgIpc) is 1.90. The van der Waals surface area contributed by atoms with Gasteiger partial charge in [0.1, 0.15) is 0 Å². The van der Waals surface area contributed by atoms with E-state index in [0.29, 0.717) is 6.61 Å².